The summed E-state index contributed by atoms with van der Waals surface area (Å²) in [4.78, 5) is 42.7. The quantitative estimate of drug-likeness (QED) is 0.153. The molecule has 1 fully saturated rings. The van der Waals surface area contributed by atoms with Crippen molar-refractivity contribution in [2.75, 3.05) is 26.2 Å². The predicted octanol–water partition coefficient (Wildman–Crippen LogP) is 7.78. The molecule has 1 saturated heterocycles. The number of benzene rings is 3. The lowest BCUT2D eigenvalue weighted by molar-refractivity contribution is -0.144. The minimum absolute atomic E-state index is 0.00910. The summed E-state index contributed by atoms with van der Waals surface area (Å²) >= 11 is 6.52. The average Bonchev–Trinajstić information content (AvgIpc) is 3.06. The molecular formula is C38H34ClF6N3O5. The number of aromatic nitrogens is 1. The lowest BCUT2D eigenvalue weighted by atomic mass is 9.92. The Kier molecular flexibility index (Phi) is 10.7. The van der Waals surface area contributed by atoms with Crippen molar-refractivity contribution in [3.8, 4) is 22.6 Å². The molecule has 4 aromatic rings. The van der Waals surface area contributed by atoms with E-state index in [0.29, 0.717) is 6.07 Å². The maximum absolute atomic E-state index is 16.1. The summed E-state index contributed by atoms with van der Waals surface area (Å²) in [6.07, 6.45) is -5.94. The SMILES string of the molecule is CCOC(=O)C[C@@H]1NC(=O)[C@H](n2cc(CCN3CC(F)C3)c(C(F)(F)F)cc2=O)c2cc(Cl)cc(c2)Oc2ccc(F)c(C)c2-c2cc(C)c(F)c1c2. The summed E-state index contributed by atoms with van der Waals surface area (Å²) in [5, 5.41) is 2.65. The Labute approximate surface area is 305 Å². The van der Waals surface area contributed by atoms with Gasteiger partial charge in [-0.25, -0.2) is 13.2 Å². The van der Waals surface area contributed by atoms with Gasteiger partial charge < -0.3 is 14.8 Å². The predicted molar refractivity (Wildman–Crippen MR) is 184 cm³/mol. The van der Waals surface area contributed by atoms with E-state index in [0.717, 1.165) is 10.8 Å². The molecule has 8 nitrogen and oxygen atoms in total. The maximum Gasteiger partial charge on any atom is 0.416 e. The number of aryl methyl sites for hydroxylation is 1. The molecule has 2 aliphatic rings. The van der Waals surface area contributed by atoms with E-state index in [2.05, 4.69) is 5.32 Å². The third-order valence-electron chi connectivity index (χ3n) is 9.34. The molecule has 1 N–H and O–H groups in total. The second kappa shape index (κ2) is 14.9. The fourth-order valence-electron chi connectivity index (χ4n) is 6.77. The zero-order valence-electron chi connectivity index (χ0n) is 28.8. The third-order valence-corrected chi connectivity index (χ3v) is 9.56. The number of nitrogens with one attached hydrogen (secondary N) is 1. The lowest BCUT2D eigenvalue weighted by Gasteiger charge is -2.34. The van der Waals surface area contributed by atoms with Gasteiger partial charge in [-0.1, -0.05) is 11.6 Å². The Morgan fingerprint density at radius 2 is 1.79 bits per heavy atom. The van der Waals surface area contributed by atoms with Crippen LogP contribution in [0.5, 0.6) is 11.5 Å². The molecule has 0 saturated carbocycles. The van der Waals surface area contributed by atoms with Gasteiger partial charge in [-0.2, -0.15) is 13.2 Å². The summed E-state index contributed by atoms with van der Waals surface area (Å²) in [6, 6.07) is 6.58. The zero-order valence-corrected chi connectivity index (χ0v) is 29.5. The van der Waals surface area contributed by atoms with E-state index < -0.39 is 65.5 Å². The highest BCUT2D eigenvalue weighted by Gasteiger charge is 2.37. The monoisotopic (exact) mass is 761 g/mol. The largest absolute Gasteiger partial charge is 0.466 e. The van der Waals surface area contributed by atoms with E-state index in [1.165, 1.54) is 56.3 Å². The Balaban J connectivity index is 1.59. The van der Waals surface area contributed by atoms with E-state index >= 15 is 8.78 Å². The Morgan fingerprint density at radius 1 is 1.06 bits per heavy atom. The minimum Gasteiger partial charge on any atom is -0.466 e. The number of rotatable bonds is 7. The normalized spacial score (nSPS) is 17.7. The number of fused-ring (bicyclic) bond motifs is 6. The highest BCUT2D eigenvalue weighted by molar-refractivity contribution is 6.30. The van der Waals surface area contributed by atoms with E-state index in [4.69, 9.17) is 21.1 Å². The Hall–Kier alpha value is -4.82. The molecule has 1 amide bonds. The highest BCUT2D eigenvalue weighted by Crippen LogP contribution is 2.42. The number of hydrogen-bond donors (Lipinski definition) is 1. The first-order valence-corrected chi connectivity index (χ1v) is 17.1. The first-order valence-electron chi connectivity index (χ1n) is 16.8. The number of amides is 1. The van der Waals surface area contributed by atoms with Crippen LogP contribution in [-0.4, -0.2) is 53.8 Å². The van der Waals surface area contributed by atoms with Crippen LogP contribution in [0.3, 0.4) is 0 Å². The standard InChI is InChI=1S/C38H34ClF6N3O5/c1-4-52-33(50)15-30-27-12-22(9-19(2)35(27)42)34-20(3)29(41)5-6-31(34)53-26-11-23(10-24(39)13-26)36(37(51)46-30)48-16-21(7-8-47-17-25(40)18-47)28(14-32(48)49)38(43,44)45/h5-6,9-14,16,25,30,36H,4,7-8,15,17-18H2,1-3H3,(H,46,51)/t30-,36+/m0/s1. The van der Waals surface area contributed by atoms with Crippen molar-refractivity contribution in [3.63, 3.8) is 0 Å². The molecule has 4 bridgehead atoms. The average molecular weight is 762 g/mol. The van der Waals surface area contributed by atoms with Gasteiger partial charge in [0.25, 0.3) is 5.56 Å². The molecule has 53 heavy (non-hydrogen) atoms. The number of carbonyl (C=O) groups excluding carboxylic acids is 2. The summed E-state index contributed by atoms with van der Waals surface area (Å²) in [5.74, 6) is -3.08. The van der Waals surface area contributed by atoms with E-state index in [1.807, 2.05) is 0 Å². The summed E-state index contributed by atoms with van der Waals surface area (Å²) in [6.45, 7) is 4.60. The number of alkyl halides is 4. The van der Waals surface area contributed by atoms with Gasteiger partial charge in [0.2, 0.25) is 5.91 Å². The number of ether oxygens (including phenoxy) is 2. The summed E-state index contributed by atoms with van der Waals surface area (Å²) < 4.78 is 99.7. The van der Waals surface area contributed by atoms with Crippen LogP contribution in [0, 0.1) is 25.5 Å². The summed E-state index contributed by atoms with van der Waals surface area (Å²) in [7, 11) is 0. The number of carbonyl (C=O) groups is 2. The van der Waals surface area contributed by atoms with Crippen LogP contribution in [0.2, 0.25) is 5.02 Å². The van der Waals surface area contributed by atoms with Crippen molar-refractivity contribution in [2.24, 2.45) is 0 Å². The molecule has 0 spiro atoms. The lowest BCUT2D eigenvalue weighted by Crippen LogP contribution is -2.49. The van der Waals surface area contributed by atoms with Crippen LogP contribution in [0.15, 0.2) is 59.5 Å². The second-order valence-corrected chi connectivity index (χ2v) is 13.5. The first-order chi connectivity index (χ1) is 25.0. The first kappa shape index (κ1) is 37.9. The van der Waals surface area contributed by atoms with Gasteiger partial charge in [0.15, 0.2) is 0 Å². The van der Waals surface area contributed by atoms with Gasteiger partial charge in [-0.05, 0) is 97.5 Å². The smallest absolute Gasteiger partial charge is 0.416 e. The van der Waals surface area contributed by atoms with Crippen molar-refractivity contribution >= 4 is 23.5 Å². The molecule has 2 atom stereocenters. The number of esters is 1. The molecule has 280 valence electrons. The number of pyridine rings is 1. The highest BCUT2D eigenvalue weighted by atomic mass is 35.5. The number of nitrogens with zero attached hydrogens (tertiary/aromatic N) is 2. The summed E-state index contributed by atoms with van der Waals surface area (Å²) in [5.41, 5.74) is -2.21. The van der Waals surface area contributed by atoms with Gasteiger partial charge in [-0.3, -0.25) is 23.9 Å². The maximum atomic E-state index is 16.1. The molecule has 0 aliphatic carbocycles. The van der Waals surface area contributed by atoms with Gasteiger partial charge >= 0.3 is 12.1 Å². The van der Waals surface area contributed by atoms with Crippen LogP contribution in [0.1, 0.15) is 58.8 Å². The van der Waals surface area contributed by atoms with E-state index in [1.54, 1.807) is 11.8 Å². The van der Waals surface area contributed by atoms with E-state index in [-0.39, 0.29) is 88.1 Å². The van der Waals surface area contributed by atoms with Gasteiger partial charge in [0.1, 0.15) is 35.3 Å². The fourth-order valence-corrected chi connectivity index (χ4v) is 7.00. The van der Waals surface area contributed by atoms with Crippen molar-refractivity contribution < 1.29 is 45.4 Å². The molecular weight excluding hydrogens is 728 g/mol. The second-order valence-electron chi connectivity index (χ2n) is 13.1. The number of hydrogen-bond acceptors (Lipinski definition) is 6. The van der Waals surface area contributed by atoms with Gasteiger partial charge in [-0.15, -0.1) is 0 Å². The zero-order chi connectivity index (χ0) is 38.4. The van der Waals surface area contributed by atoms with Crippen molar-refractivity contribution in [1.29, 1.82) is 0 Å². The molecule has 0 unspecified atom stereocenters. The van der Waals surface area contributed by atoms with Crippen LogP contribution in [0.4, 0.5) is 26.3 Å². The van der Waals surface area contributed by atoms with Crippen molar-refractivity contribution in [1.82, 2.24) is 14.8 Å². The Morgan fingerprint density at radius 3 is 2.47 bits per heavy atom. The molecule has 15 heteroatoms. The van der Waals surface area contributed by atoms with Crippen LogP contribution in [0.25, 0.3) is 11.1 Å². The fraction of sp³-hybridized carbons (Fsp3) is 0.342. The molecule has 3 aromatic carbocycles. The molecule has 0 radical (unpaired) electrons. The minimum atomic E-state index is -4.94. The van der Waals surface area contributed by atoms with Crippen molar-refractivity contribution in [3.05, 3.63) is 115 Å². The van der Waals surface area contributed by atoms with E-state index in [9.17, 15) is 31.9 Å². The Bertz CT molecular complexity index is 2150. The third kappa shape index (κ3) is 7.93. The van der Waals surface area contributed by atoms with Gasteiger partial charge in [0.05, 0.1) is 24.6 Å². The van der Waals surface area contributed by atoms with Crippen LogP contribution in [-0.2, 0) is 26.9 Å². The number of likely N-dealkylation sites (tertiary alicyclic amines) is 1. The topological polar surface area (TPSA) is 89.9 Å². The van der Waals surface area contributed by atoms with Gasteiger partial charge in [0, 0.05) is 48.0 Å². The van der Waals surface area contributed by atoms with Crippen LogP contribution >= 0.6 is 11.6 Å². The molecule has 1 aromatic heterocycles. The molecule has 6 rings (SSSR count). The number of halogens is 7. The molecule has 2 aliphatic heterocycles. The van der Waals surface area contributed by atoms with Crippen molar-refractivity contribution in [2.45, 2.75) is 58.0 Å². The molecule has 3 heterocycles. The van der Waals surface area contributed by atoms with Crippen LogP contribution < -0.4 is 15.6 Å².